The third-order valence-electron chi connectivity index (χ3n) is 5.33. The predicted octanol–water partition coefficient (Wildman–Crippen LogP) is 2.09. The smallest absolute Gasteiger partial charge is 0.347 e. The van der Waals surface area contributed by atoms with Crippen molar-refractivity contribution >= 4 is 0 Å². The summed E-state index contributed by atoms with van der Waals surface area (Å²) in [6.45, 7) is 11.4. The molecule has 4 N–H and O–H groups in total. The van der Waals surface area contributed by atoms with Crippen molar-refractivity contribution in [1.29, 1.82) is 0 Å². The quantitative estimate of drug-likeness (QED) is 0.189. The van der Waals surface area contributed by atoms with E-state index in [-0.39, 0.29) is 22.5 Å². The molecule has 4 aromatic rings. The van der Waals surface area contributed by atoms with Crippen molar-refractivity contribution in [1.82, 2.24) is 44.4 Å². The van der Waals surface area contributed by atoms with Gasteiger partial charge in [0.15, 0.2) is 0 Å². The van der Waals surface area contributed by atoms with Crippen LogP contribution in [0.25, 0.3) is 0 Å². The van der Waals surface area contributed by atoms with Crippen molar-refractivity contribution in [3.8, 4) is 0 Å². The van der Waals surface area contributed by atoms with Crippen LogP contribution in [0.4, 0.5) is 0 Å². The van der Waals surface area contributed by atoms with E-state index in [1.54, 1.807) is 12.4 Å². The Balaban J connectivity index is 0.000000804. The average molecular weight is 530 g/mol. The van der Waals surface area contributed by atoms with Crippen molar-refractivity contribution < 1.29 is 32.0 Å². The summed E-state index contributed by atoms with van der Waals surface area (Å²) in [5.41, 5.74) is 4.41. The van der Waals surface area contributed by atoms with Gasteiger partial charge in [-0.3, -0.25) is 14.3 Å². The molecule has 0 atom stereocenters. The Morgan fingerprint density at radius 3 is 1.57 bits per heavy atom. The van der Waals surface area contributed by atoms with Crippen LogP contribution in [0.15, 0.2) is 36.9 Å². The first kappa shape index (κ1) is 27.7. The second kappa shape index (κ2) is 12.8. The zero-order chi connectivity index (χ0) is 24.7. The minimum Gasteiger partial charge on any atom is -0.347 e. The summed E-state index contributed by atoms with van der Waals surface area (Å²) in [6.07, 6.45) is 7.27. The SMILES string of the molecule is Cc1cc(C)n(CCN(CCn2nc(C)cc2C)C(c2ncc[nH]2)c2ncc[nH]2)n1.O=[N+](O)O.[Ni+2]. The number of aryl methyl sites for hydroxylation is 4. The monoisotopic (exact) mass is 529 g/mol. The predicted molar refractivity (Wildman–Crippen MR) is 121 cm³/mol. The minimum absolute atomic E-state index is 0. The van der Waals surface area contributed by atoms with Crippen molar-refractivity contribution in [2.75, 3.05) is 13.1 Å². The number of aromatic amines is 2. The van der Waals surface area contributed by atoms with Crippen LogP contribution in [-0.4, -0.2) is 73.0 Å². The molecule has 0 spiro atoms. The zero-order valence-electron chi connectivity index (χ0n) is 20.1. The van der Waals surface area contributed by atoms with Gasteiger partial charge in [0, 0.05) is 49.3 Å². The van der Waals surface area contributed by atoms with E-state index >= 15 is 0 Å². The van der Waals surface area contributed by atoms with Crippen LogP contribution in [0.1, 0.15) is 40.5 Å². The van der Waals surface area contributed by atoms with Crippen LogP contribution >= 0.6 is 0 Å². The van der Waals surface area contributed by atoms with Crippen LogP contribution in [0.3, 0.4) is 0 Å². The van der Waals surface area contributed by atoms with Gasteiger partial charge in [0.2, 0.25) is 0 Å². The summed E-state index contributed by atoms with van der Waals surface area (Å²) in [5, 5.41) is 21.8. The number of hydrogen-bond donors (Lipinski definition) is 4. The maximum absolute atomic E-state index is 8.47. The molecule has 0 aliphatic carbocycles. The van der Waals surface area contributed by atoms with Gasteiger partial charge in [0.25, 0.3) is 0 Å². The van der Waals surface area contributed by atoms with Gasteiger partial charge in [-0.1, -0.05) is 0 Å². The first-order valence-electron chi connectivity index (χ1n) is 10.8. The molecule has 13 nitrogen and oxygen atoms in total. The number of H-pyrrole nitrogens is 2. The minimum atomic E-state index is -1.25. The van der Waals surface area contributed by atoms with E-state index in [9.17, 15) is 0 Å². The first-order chi connectivity index (χ1) is 16.2. The second-order valence-electron chi connectivity index (χ2n) is 7.94. The van der Waals surface area contributed by atoms with Crippen LogP contribution < -0.4 is 0 Å². The Kier molecular flexibility index (Phi) is 10.2. The summed E-state index contributed by atoms with van der Waals surface area (Å²) < 4.78 is 4.12. The van der Waals surface area contributed by atoms with Crippen molar-refractivity contribution in [2.45, 2.75) is 46.8 Å². The molecule has 0 amide bonds. The standard InChI is InChI=1S/C21H29N9.H2NO3.Ni/c1-15-13-17(3)29(26-15)11-9-28(10-12-30-18(4)14-16(2)27-30)19(20-22-5-6-23-20)21-24-7-8-25-21;2-1(3)4;/h5-8,13-14,19H,9-12H2,1-4H3,(H,22,23)(H,24,25);(H2,2,3,4);/q;+1;+2. The molecule has 35 heavy (non-hydrogen) atoms. The maximum atomic E-state index is 8.47. The number of nitrogens with zero attached hydrogens (tertiary/aromatic N) is 8. The topological polar surface area (TPSA) is 157 Å². The fourth-order valence-electron chi connectivity index (χ4n) is 3.95. The summed E-state index contributed by atoms with van der Waals surface area (Å²) in [7, 11) is 0. The van der Waals surface area contributed by atoms with E-state index in [0.717, 1.165) is 49.2 Å². The van der Waals surface area contributed by atoms with E-state index in [0.29, 0.717) is 0 Å². The van der Waals surface area contributed by atoms with Gasteiger partial charge in [-0.15, -0.1) is 0 Å². The van der Waals surface area contributed by atoms with Gasteiger partial charge in [-0.25, -0.2) is 20.4 Å². The normalized spacial score (nSPS) is 10.8. The first-order valence-corrected chi connectivity index (χ1v) is 10.8. The number of rotatable bonds is 9. The van der Waals surface area contributed by atoms with E-state index in [2.05, 4.69) is 70.4 Å². The molecular weight excluding hydrogens is 499 g/mol. The molecule has 4 rings (SSSR count). The third kappa shape index (κ3) is 7.76. The molecule has 4 heterocycles. The van der Waals surface area contributed by atoms with Crippen molar-refractivity contribution in [2.24, 2.45) is 0 Å². The molecule has 0 unspecified atom stereocenters. The Morgan fingerprint density at radius 1 is 0.886 bits per heavy atom. The summed E-state index contributed by atoms with van der Waals surface area (Å²) in [4.78, 5) is 26.5. The van der Waals surface area contributed by atoms with Gasteiger partial charge in [-0.2, -0.15) is 10.2 Å². The van der Waals surface area contributed by atoms with Gasteiger partial charge in [0.05, 0.1) is 24.5 Å². The average Bonchev–Trinajstić information content (AvgIpc) is 3.54. The number of imidazole rings is 2. The van der Waals surface area contributed by atoms with Crippen LogP contribution in [0.2, 0.25) is 0 Å². The summed E-state index contributed by atoms with van der Waals surface area (Å²) in [5.74, 6) is 1.73. The van der Waals surface area contributed by atoms with Crippen molar-refractivity contribution in [3.05, 3.63) is 76.3 Å². The number of nitrogens with one attached hydrogen (secondary N) is 2. The van der Waals surface area contributed by atoms with Gasteiger partial charge in [-0.05, 0) is 39.8 Å². The van der Waals surface area contributed by atoms with E-state index < -0.39 is 5.09 Å². The van der Waals surface area contributed by atoms with Crippen LogP contribution in [0.5, 0.6) is 0 Å². The molecule has 190 valence electrons. The largest absolute Gasteiger partial charge is 2.00 e. The Hall–Kier alpha value is -3.51. The molecule has 0 saturated carbocycles. The molecule has 0 bridgehead atoms. The van der Waals surface area contributed by atoms with Crippen molar-refractivity contribution in [3.63, 3.8) is 0 Å². The molecule has 0 aromatic carbocycles. The molecular formula is C21H31N10NiO3+3. The van der Waals surface area contributed by atoms with E-state index in [4.69, 9.17) is 15.3 Å². The van der Waals surface area contributed by atoms with E-state index in [1.807, 2.05) is 26.2 Å². The molecule has 14 heteroatoms. The number of aromatic nitrogens is 8. The van der Waals surface area contributed by atoms with Gasteiger partial charge < -0.3 is 9.97 Å². The van der Waals surface area contributed by atoms with E-state index in [1.165, 1.54) is 11.4 Å². The maximum Gasteiger partial charge on any atom is 2.00 e. The van der Waals surface area contributed by atoms with Gasteiger partial charge >= 0.3 is 21.6 Å². The molecule has 0 aliphatic rings. The fourth-order valence-corrected chi connectivity index (χ4v) is 3.95. The zero-order valence-corrected chi connectivity index (χ0v) is 21.1. The van der Waals surface area contributed by atoms with Crippen LogP contribution in [0, 0.1) is 32.6 Å². The van der Waals surface area contributed by atoms with Crippen LogP contribution in [-0.2, 0) is 29.6 Å². The molecule has 0 fully saturated rings. The Morgan fingerprint density at radius 2 is 1.29 bits per heavy atom. The summed E-state index contributed by atoms with van der Waals surface area (Å²) >= 11 is 0. The Bertz CT molecular complexity index is 1080. The second-order valence-corrected chi connectivity index (χ2v) is 7.94. The Labute approximate surface area is 212 Å². The third-order valence-corrected chi connectivity index (χ3v) is 5.33. The number of hydrogen-bond acceptors (Lipinski definition) is 6. The fraction of sp³-hybridized carbons (Fsp3) is 0.429. The summed E-state index contributed by atoms with van der Waals surface area (Å²) in [6, 6.07) is 4.11. The molecule has 0 aliphatic heterocycles. The molecule has 0 saturated heterocycles. The molecule has 0 radical (unpaired) electrons. The molecule has 4 aromatic heterocycles. The van der Waals surface area contributed by atoms with Gasteiger partial charge in [0.1, 0.15) is 22.6 Å².